The van der Waals surface area contributed by atoms with Crippen LogP contribution in [-0.4, -0.2) is 17.1 Å². The fraction of sp³-hybridized carbons (Fsp3) is 0.286. The Balaban J connectivity index is 2.49. The van der Waals surface area contributed by atoms with E-state index in [2.05, 4.69) is 0 Å². The lowest BCUT2D eigenvalue weighted by atomic mass is 10.0. The number of aromatic nitrogens is 1. The molecule has 0 aliphatic heterocycles. The number of nitrogens with zero attached hydrogens (tertiary/aromatic N) is 1. The maximum Gasteiger partial charge on any atom is 0.327 e. The summed E-state index contributed by atoms with van der Waals surface area (Å²) in [6, 6.07) is 6.15. The molecule has 0 fully saturated rings. The highest BCUT2D eigenvalue weighted by Crippen LogP contribution is 2.17. The zero-order valence-electron chi connectivity index (χ0n) is 10.9. The van der Waals surface area contributed by atoms with Gasteiger partial charge in [-0.05, 0) is 30.0 Å². The third-order valence-electron chi connectivity index (χ3n) is 3.01. The number of fused-ring (bicyclic) bond motifs is 1. The van der Waals surface area contributed by atoms with Gasteiger partial charge < -0.3 is 15.0 Å². The molecular formula is C14H16N2O3. The number of aryl methyl sites for hydroxylation is 1. The number of carbonyl (C=O) groups excluding carboxylic acids is 1. The van der Waals surface area contributed by atoms with Gasteiger partial charge in [0.1, 0.15) is 6.04 Å². The van der Waals surface area contributed by atoms with Gasteiger partial charge in [0.15, 0.2) is 0 Å². The number of benzene rings is 1. The second-order valence-electron chi connectivity index (χ2n) is 4.31. The molecule has 0 aliphatic rings. The molecular weight excluding hydrogens is 244 g/mol. The molecule has 5 heteroatoms. The zero-order valence-corrected chi connectivity index (χ0v) is 10.9. The van der Waals surface area contributed by atoms with Crippen molar-refractivity contribution in [3.63, 3.8) is 0 Å². The molecule has 0 saturated carbocycles. The average molecular weight is 260 g/mol. The highest BCUT2D eigenvalue weighted by atomic mass is 16.5. The smallest absolute Gasteiger partial charge is 0.327 e. The van der Waals surface area contributed by atoms with Gasteiger partial charge in [-0.1, -0.05) is 12.1 Å². The van der Waals surface area contributed by atoms with Crippen LogP contribution in [-0.2, 0) is 16.6 Å². The molecule has 5 nitrogen and oxygen atoms in total. The minimum Gasteiger partial charge on any atom is -0.465 e. The predicted molar refractivity (Wildman–Crippen MR) is 72.8 cm³/mol. The summed E-state index contributed by atoms with van der Waals surface area (Å²) in [7, 11) is 1.68. The number of hydrogen-bond acceptors (Lipinski definition) is 4. The van der Waals surface area contributed by atoms with Crippen molar-refractivity contribution in [2.75, 3.05) is 6.61 Å². The number of pyridine rings is 1. The van der Waals surface area contributed by atoms with Crippen molar-refractivity contribution in [2.45, 2.75) is 13.0 Å². The average Bonchev–Trinajstić information content (AvgIpc) is 2.42. The molecule has 0 aliphatic carbocycles. The summed E-state index contributed by atoms with van der Waals surface area (Å²) in [4.78, 5) is 23.6. The van der Waals surface area contributed by atoms with Crippen molar-refractivity contribution < 1.29 is 9.53 Å². The molecule has 0 bridgehead atoms. The largest absolute Gasteiger partial charge is 0.465 e. The first-order valence-corrected chi connectivity index (χ1v) is 6.06. The van der Waals surface area contributed by atoms with Crippen LogP contribution in [0.15, 0.2) is 35.3 Å². The van der Waals surface area contributed by atoms with E-state index in [0.29, 0.717) is 10.9 Å². The lowest BCUT2D eigenvalue weighted by Gasteiger charge is -2.11. The Morgan fingerprint density at radius 2 is 2.16 bits per heavy atom. The number of nitrogens with two attached hydrogens (primary N) is 1. The summed E-state index contributed by atoms with van der Waals surface area (Å²) >= 11 is 0. The lowest BCUT2D eigenvalue weighted by Crippen LogP contribution is -2.24. The SMILES string of the molecule is CCOC(=O)C(N)c1ccc2ccn(C)c(=O)c2c1. The van der Waals surface area contributed by atoms with Crippen LogP contribution >= 0.6 is 0 Å². The van der Waals surface area contributed by atoms with Gasteiger partial charge in [0.2, 0.25) is 0 Å². The zero-order chi connectivity index (χ0) is 14.0. The maximum atomic E-state index is 12.0. The molecule has 19 heavy (non-hydrogen) atoms. The van der Waals surface area contributed by atoms with Gasteiger partial charge in [-0.15, -0.1) is 0 Å². The fourth-order valence-corrected chi connectivity index (χ4v) is 1.92. The molecule has 1 unspecified atom stereocenters. The Bertz CT molecular complexity index is 676. The Hall–Kier alpha value is -2.14. The minimum atomic E-state index is -0.866. The van der Waals surface area contributed by atoms with Crippen LogP contribution in [0.4, 0.5) is 0 Å². The first-order valence-electron chi connectivity index (χ1n) is 6.06. The van der Waals surface area contributed by atoms with Crippen molar-refractivity contribution in [1.29, 1.82) is 0 Å². The van der Waals surface area contributed by atoms with Crippen molar-refractivity contribution in [2.24, 2.45) is 12.8 Å². The fourth-order valence-electron chi connectivity index (χ4n) is 1.92. The summed E-state index contributed by atoms with van der Waals surface area (Å²) in [5.74, 6) is -0.491. The molecule has 1 aromatic heterocycles. The first-order chi connectivity index (χ1) is 9.04. The third kappa shape index (κ3) is 2.51. The van der Waals surface area contributed by atoms with E-state index in [1.165, 1.54) is 4.57 Å². The normalized spacial score (nSPS) is 12.4. The lowest BCUT2D eigenvalue weighted by molar-refractivity contribution is -0.144. The molecule has 2 aromatic rings. The van der Waals surface area contributed by atoms with E-state index in [0.717, 1.165) is 5.39 Å². The van der Waals surface area contributed by atoms with E-state index < -0.39 is 12.0 Å². The standard InChI is InChI=1S/C14H16N2O3/c1-3-19-14(18)12(15)10-5-4-9-6-7-16(2)13(17)11(9)8-10/h4-8,12H,3,15H2,1-2H3. The van der Waals surface area contributed by atoms with Crippen LogP contribution in [0, 0.1) is 0 Å². The molecule has 0 radical (unpaired) electrons. The van der Waals surface area contributed by atoms with Gasteiger partial charge in [0.05, 0.1) is 6.61 Å². The van der Waals surface area contributed by atoms with E-state index in [1.54, 1.807) is 38.4 Å². The molecule has 1 aromatic carbocycles. The van der Waals surface area contributed by atoms with Crippen molar-refractivity contribution in [3.05, 3.63) is 46.4 Å². The Morgan fingerprint density at radius 3 is 2.84 bits per heavy atom. The number of rotatable bonds is 3. The van der Waals surface area contributed by atoms with Gasteiger partial charge in [-0.3, -0.25) is 4.79 Å². The quantitative estimate of drug-likeness (QED) is 0.839. The van der Waals surface area contributed by atoms with Crippen LogP contribution in [0.25, 0.3) is 10.8 Å². The number of hydrogen-bond donors (Lipinski definition) is 1. The maximum absolute atomic E-state index is 12.0. The number of esters is 1. The number of ether oxygens (including phenoxy) is 1. The summed E-state index contributed by atoms with van der Waals surface area (Å²) < 4.78 is 6.36. The molecule has 2 rings (SSSR count). The molecule has 0 saturated heterocycles. The van der Waals surface area contributed by atoms with Gasteiger partial charge in [0, 0.05) is 18.6 Å². The van der Waals surface area contributed by atoms with Crippen molar-refractivity contribution >= 4 is 16.7 Å². The predicted octanol–water partition coefficient (Wildman–Crippen LogP) is 1.10. The summed E-state index contributed by atoms with van der Waals surface area (Å²) in [6.45, 7) is 2.00. The van der Waals surface area contributed by atoms with Gasteiger partial charge in [-0.2, -0.15) is 0 Å². The topological polar surface area (TPSA) is 74.3 Å². The van der Waals surface area contributed by atoms with Gasteiger partial charge in [-0.25, -0.2) is 4.79 Å². The van der Waals surface area contributed by atoms with Crippen LogP contribution in [0.5, 0.6) is 0 Å². The molecule has 0 spiro atoms. The Morgan fingerprint density at radius 1 is 1.42 bits per heavy atom. The van der Waals surface area contributed by atoms with E-state index in [4.69, 9.17) is 10.5 Å². The Kier molecular flexibility index (Phi) is 3.66. The monoisotopic (exact) mass is 260 g/mol. The third-order valence-corrected chi connectivity index (χ3v) is 3.01. The summed E-state index contributed by atoms with van der Waals surface area (Å²) in [5, 5.41) is 1.37. The molecule has 0 amide bonds. The van der Waals surface area contributed by atoms with Gasteiger partial charge >= 0.3 is 5.97 Å². The highest BCUT2D eigenvalue weighted by Gasteiger charge is 2.17. The van der Waals surface area contributed by atoms with E-state index >= 15 is 0 Å². The van der Waals surface area contributed by atoms with Crippen LogP contribution in [0.1, 0.15) is 18.5 Å². The Labute approximate surface area is 110 Å². The second-order valence-corrected chi connectivity index (χ2v) is 4.31. The molecule has 2 N–H and O–H groups in total. The van der Waals surface area contributed by atoms with Crippen molar-refractivity contribution in [1.82, 2.24) is 4.57 Å². The van der Waals surface area contributed by atoms with E-state index in [-0.39, 0.29) is 12.2 Å². The van der Waals surface area contributed by atoms with Crippen LogP contribution in [0.2, 0.25) is 0 Å². The highest BCUT2D eigenvalue weighted by molar-refractivity contribution is 5.85. The van der Waals surface area contributed by atoms with E-state index in [9.17, 15) is 9.59 Å². The molecule has 1 atom stereocenters. The summed E-state index contributed by atoms with van der Waals surface area (Å²) in [6.07, 6.45) is 1.70. The van der Waals surface area contributed by atoms with Crippen LogP contribution in [0.3, 0.4) is 0 Å². The minimum absolute atomic E-state index is 0.115. The van der Waals surface area contributed by atoms with E-state index in [1.807, 2.05) is 6.07 Å². The molecule has 1 heterocycles. The van der Waals surface area contributed by atoms with Gasteiger partial charge in [0.25, 0.3) is 5.56 Å². The number of carbonyl (C=O) groups is 1. The second kappa shape index (κ2) is 5.24. The van der Waals surface area contributed by atoms with Crippen molar-refractivity contribution in [3.8, 4) is 0 Å². The first kappa shape index (κ1) is 13.3. The molecule has 100 valence electrons. The van der Waals surface area contributed by atoms with Crippen LogP contribution < -0.4 is 11.3 Å². The summed E-state index contributed by atoms with van der Waals surface area (Å²) in [5.41, 5.74) is 6.28.